The third-order valence-corrected chi connectivity index (χ3v) is 4.08. The molecular weight excluding hydrogens is 248 g/mol. The summed E-state index contributed by atoms with van der Waals surface area (Å²) in [5.41, 5.74) is 1.20. The third-order valence-electron chi connectivity index (χ3n) is 4.08. The predicted octanol–water partition coefficient (Wildman–Crippen LogP) is 4.15. The van der Waals surface area contributed by atoms with Gasteiger partial charge in [0.25, 0.3) is 0 Å². The van der Waals surface area contributed by atoms with E-state index in [1.165, 1.54) is 0 Å². The highest BCUT2D eigenvalue weighted by Gasteiger charge is 2.25. The van der Waals surface area contributed by atoms with Crippen LogP contribution in [0.2, 0.25) is 0 Å². The summed E-state index contributed by atoms with van der Waals surface area (Å²) < 4.78 is 0. The van der Waals surface area contributed by atoms with Crippen LogP contribution in [0.25, 0.3) is 21.5 Å². The van der Waals surface area contributed by atoms with Gasteiger partial charge in [-0.15, -0.1) is 0 Å². The topological polar surface area (TPSA) is 34.1 Å². The van der Waals surface area contributed by atoms with E-state index in [9.17, 15) is 9.59 Å². The molecule has 0 saturated carbocycles. The number of ketones is 2. The molecule has 0 unspecified atom stereocenters. The molecule has 0 aromatic heterocycles. The Morgan fingerprint density at radius 3 is 2.30 bits per heavy atom. The van der Waals surface area contributed by atoms with Gasteiger partial charge in [-0.25, -0.2) is 0 Å². The highest BCUT2D eigenvalue weighted by molar-refractivity contribution is 6.23. The molecular formula is C18H12O2. The zero-order valence-corrected chi connectivity index (χ0v) is 10.8. The van der Waals surface area contributed by atoms with Crippen molar-refractivity contribution in [2.45, 2.75) is 12.8 Å². The summed E-state index contributed by atoms with van der Waals surface area (Å²) in [6.07, 6.45) is 0.669. The van der Waals surface area contributed by atoms with Crippen LogP contribution in [-0.2, 0) is 0 Å². The molecule has 20 heavy (non-hydrogen) atoms. The van der Waals surface area contributed by atoms with Crippen LogP contribution in [0.15, 0.2) is 48.5 Å². The second-order valence-corrected chi connectivity index (χ2v) is 5.22. The molecule has 0 bridgehead atoms. The molecule has 1 aliphatic rings. The van der Waals surface area contributed by atoms with Crippen molar-refractivity contribution < 1.29 is 9.59 Å². The number of benzene rings is 3. The van der Waals surface area contributed by atoms with Gasteiger partial charge in [-0.1, -0.05) is 48.5 Å². The first kappa shape index (κ1) is 11.4. The van der Waals surface area contributed by atoms with Crippen molar-refractivity contribution in [3.8, 4) is 0 Å². The zero-order valence-electron chi connectivity index (χ0n) is 10.8. The van der Waals surface area contributed by atoms with Crippen LogP contribution in [0.5, 0.6) is 0 Å². The quantitative estimate of drug-likeness (QED) is 0.569. The van der Waals surface area contributed by atoms with Crippen LogP contribution in [0.4, 0.5) is 0 Å². The standard InChI is InChI=1S/C18H12O2/c19-16-9-10-17(20)18-14-6-5-11-3-1-2-4-12(11)13(14)7-8-15(16)18/h1-8H,9-10H2. The Kier molecular flexibility index (Phi) is 2.27. The highest BCUT2D eigenvalue weighted by Crippen LogP contribution is 2.33. The van der Waals surface area contributed by atoms with E-state index in [1.807, 2.05) is 36.4 Å². The predicted molar refractivity (Wildman–Crippen MR) is 79.3 cm³/mol. The maximum Gasteiger partial charge on any atom is 0.164 e. The number of Topliss-reactive ketones (excluding diaryl/α,β-unsaturated/α-hetero) is 2. The van der Waals surface area contributed by atoms with Gasteiger partial charge in [0.05, 0.1) is 0 Å². The normalized spacial score (nSPS) is 14.8. The fraction of sp³-hybridized carbons (Fsp3) is 0.111. The smallest absolute Gasteiger partial charge is 0.164 e. The Hall–Kier alpha value is -2.48. The lowest BCUT2D eigenvalue weighted by Gasteiger charge is -2.16. The fourth-order valence-corrected chi connectivity index (χ4v) is 3.11. The van der Waals surface area contributed by atoms with E-state index < -0.39 is 0 Å². The molecule has 1 aliphatic carbocycles. The van der Waals surface area contributed by atoms with Crippen molar-refractivity contribution in [2.75, 3.05) is 0 Å². The molecule has 0 heterocycles. The number of hydrogen-bond donors (Lipinski definition) is 0. The van der Waals surface area contributed by atoms with Gasteiger partial charge < -0.3 is 0 Å². The van der Waals surface area contributed by atoms with Gasteiger partial charge in [-0.3, -0.25) is 9.59 Å². The molecule has 0 aliphatic heterocycles. The van der Waals surface area contributed by atoms with Gasteiger partial charge in [-0.2, -0.15) is 0 Å². The van der Waals surface area contributed by atoms with E-state index >= 15 is 0 Å². The summed E-state index contributed by atoms with van der Waals surface area (Å²) >= 11 is 0. The van der Waals surface area contributed by atoms with Crippen LogP contribution in [0.3, 0.4) is 0 Å². The molecule has 4 rings (SSSR count). The minimum atomic E-state index is 0.0784. The summed E-state index contributed by atoms with van der Waals surface area (Å²) in [6.45, 7) is 0. The summed E-state index contributed by atoms with van der Waals surface area (Å²) in [5, 5.41) is 4.22. The second kappa shape index (κ2) is 4.01. The minimum absolute atomic E-state index is 0.0784. The van der Waals surface area contributed by atoms with Gasteiger partial charge in [0, 0.05) is 24.0 Å². The Bertz CT molecular complexity index is 890. The molecule has 0 radical (unpaired) electrons. The van der Waals surface area contributed by atoms with Crippen LogP contribution in [0, 0.1) is 0 Å². The molecule has 3 aromatic carbocycles. The number of rotatable bonds is 0. The van der Waals surface area contributed by atoms with E-state index in [0.717, 1.165) is 21.5 Å². The molecule has 2 heteroatoms. The lowest BCUT2D eigenvalue weighted by atomic mass is 9.85. The molecule has 0 spiro atoms. The van der Waals surface area contributed by atoms with Crippen molar-refractivity contribution in [1.29, 1.82) is 0 Å². The summed E-state index contributed by atoms with van der Waals surface area (Å²) in [5.74, 6) is 0.162. The first-order valence-electron chi connectivity index (χ1n) is 6.76. The molecule has 0 saturated heterocycles. The summed E-state index contributed by atoms with van der Waals surface area (Å²) in [7, 11) is 0. The molecule has 0 fully saturated rings. The van der Waals surface area contributed by atoms with E-state index in [4.69, 9.17) is 0 Å². The maximum atomic E-state index is 12.2. The first-order chi connectivity index (χ1) is 9.75. The van der Waals surface area contributed by atoms with E-state index in [1.54, 1.807) is 0 Å². The molecule has 0 N–H and O–H groups in total. The van der Waals surface area contributed by atoms with Crippen LogP contribution < -0.4 is 0 Å². The average molecular weight is 260 g/mol. The zero-order chi connectivity index (χ0) is 13.7. The Balaban J connectivity index is 2.20. The highest BCUT2D eigenvalue weighted by atomic mass is 16.1. The minimum Gasteiger partial charge on any atom is -0.294 e. The number of carbonyl (C=O) groups is 2. The van der Waals surface area contributed by atoms with Gasteiger partial charge in [0.1, 0.15) is 0 Å². The van der Waals surface area contributed by atoms with E-state index in [2.05, 4.69) is 12.1 Å². The van der Waals surface area contributed by atoms with Crippen molar-refractivity contribution in [1.82, 2.24) is 0 Å². The Morgan fingerprint density at radius 2 is 1.40 bits per heavy atom. The summed E-state index contributed by atoms with van der Waals surface area (Å²) in [4.78, 5) is 24.2. The van der Waals surface area contributed by atoms with E-state index in [-0.39, 0.29) is 11.6 Å². The third kappa shape index (κ3) is 1.45. The lowest BCUT2D eigenvalue weighted by molar-refractivity contribution is 0.0892. The molecule has 96 valence electrons. The van der Waals surface area contributed by atoms with Gasteiger partial charge in [0.15, 0.2) is 11.6 Å². The van der Waals surface area contributed by atoms with Crippen molar-refractivity contribution in [3.63, 3.8) is 0 Å². The number of carbonyl (C=O) groups excluding carboxylic acids is 2. The monoisotopic (exact) mass is 260 g/mol. The second-order valence-electron chi connectivity index (χ2n) is 5.22. The fourth-order valence-electron chi connectivity index (χ4n) is 3.11. The van der Waals surface area contributed by atoms with Gasteiger partial charge >= 0.3 is 0 Å². The van der Waals surface area contributed by atoms with Crippen LogP contribution in [0.1, 0.15) is 33.6 Å². The van der Waals surface area contributed by atoms with Gasteiger partial charge in [-0.05, 0) is 21.5 Å². The number of fused-ring (bicyclic) bond motifs is 5. The van der Waals surface area contributed by atoms with Crippen molar-refractivity contribution in [2.24, 2.45) is 0 Å². The van der Waals surface area contributed by atoms with Crippen LogP contribution >= 0.6 is 0 Å². The Labute approximate surface area is 116 Å². The molecule has 0 amide bonds. The average Bonchev–Trinajstić information content (AvgIpc) is 2.50. The van der Waals surface area contributed by atoms with Crippen LogP contribution in [-0.4, -0.2) is 11.6 Å². The largest absolute Gasteiger partial charge is 0.294 e. The summed E-state index contributed by atoms with van der Waals surface area (Å²) in [6, 6.07) is 15.9. The first-order valence-corrected chi connectivity index (χ1v) is 6.76. The SMILES string of the molecule is O=C1CCC(=O)c2c1ccc1c2ccc2ccccc21. The number of hydrogen-bond acceptors (Lipinski definition) is 2. The lowest BCUT2D eigenvalue weighted by Crippen LogP contribution is -2.17. The molecule has 3 aromatic rings. The van der Waals surface area contributed by atoms with Crippen molar-refractivity contribution in [3.05, 3.63) is 59.7 Å². The van der Waals surface area contributed by atoms with E-state index in [0.29, 0.717) is 24.0 Å². The van der Waals surface area contributed by atoms with Crippen molar-refractivity contribution >= 4 is 33.1 Å². The Morgan fingerprint density at radius 1 is 0.650 bits per heavy atom. The van der Waals surface area contributed by atoms with Gasteiger partial charge in [0.2, 0.25) is 0 Å². The molecule has 2 nitrogen and oxygen atoms in total. The maximum absolute atomic E-state index is 12.2. The molecule has 0 atom stereocenters.